The second kappa shape index (κ2) is 6.63. The molecule has 1 aromatic heterocycles. The molecule has 0 atom stereocenters. The molecule has 0 unspecified atom stereocenters. The molecule has 0 bridgehead atoms. The molecule has 0 aliphatic carbocycles. The van der Waals surface area contributed by atoms with Gasteiger partial charge in [0.2, 0.25) is 0 Å². The number of rotatable bonds is 2. The quantitative estimate of drug-likeness (QED) is 0.302. The van der Waals surface area contributed by atoms with Crippen LogP contribution in [-0.4, -0.2) is 0 Å². The number of furan rings is 1. The molecule has 0 amide bonds. The molecule has 0 aliphatic heterocycles. The summed E-state index contributed by atoms with van der Waals surface area (Å²) in [6.07, 6.45) is 0. The second-order valence-electron chi connectivity index (χ2n) is 8.70. The van der Waals surface area contributed by atoms with Crippen LogP contribution < -0.4 is 0 Å². The van der Waals surface area contributed by atoms with Crippen molar-refractivity contribution in [1.29, 1.82) is 0 Å². The van der Waals surface area contributed by atoms with Gasteiger partial charge in [0.05, 0.1) is 0 Å². The van der Waals surface area contributed by atoms with E-state index in [-0.39, 0.29) is 5.41 Å². The van der Waals surface area contributed by atoms with Gasteiger partial charge in [0.1, 0.15) is 11.2 Å². The summed E-state index contributed by atoms with van der Waals surface area (Å²) in [6, 6.07) is 32.2. The van der Waals surface area contributed by atoms with Crippen LogP contribution in [0.3, 0.4) is 0 Å². The Hall–Kier alpha value is -3.32. The van der Waals surface area contributed by atoms with Gasteiger partial charge in [0.25, 0.3) is 0 Å². The van der Waals surface area contributed by atoms with E-state index in [9.17, 15) is 0 Å². The van der Waals surface area contributed by atoms with Gasteiger partial charge in [0, 0.05) is 16.3 Å². The third kappa shape index (κ3) is 3.13. The van der Waals surface area contributed by atoms with E-state index in [1.54, 1.807) is 0 Å². The predicted molar refractivity (Wildman–Crippen MR) is 123 cm³/mol. The highest BCUT2D eigenvalue weighted by Gasteiger charge is 2.18. The molecule has 1 heteroatoms. The van der Waals surface area contributed by atoms with Crippen molar-refractivity contribution in [2.24, 2.45) is 0 Å². The van der Waals surface area contributed by atoms with E-state index in [1.807, 2.05) is 12.1 Å². The van der Waals surface area contributed by atoms with Crippen LogP contribution in [-0.2, 0) is 5.41 Å². The Labute approximate surface area is 171 Å². The summed E-state index contributed by atoms with van der Waals surface area (Å²) in [5, 5.41) is 2.33. The molecule has 142 valence electrons. The van der Waals surface area contributed by atoms with Crippen molar-refractivity contribution in [1.82, 2.24) is 0 Å². The Morgan fingerprint density at radius 3 is 2.07 bits per heavy atom. The van der Waals surface area contributed by atoms with Gasteiger partial charge in [-0.25, -0.2) is 0 Å². The zero-order valence-electron chi connectivity index (χ0n) is 17.1. The predicted octanol–water partition coefficient (Wildman–Crippen LogP) is 8.22. The molecule has 5 aromatic rings. The largest absolute Gasteiger partial charge is 0.455 e. The normalized spacial score (nSPS) is 12.0. The van der Waals surface area contributed by atoms with Crippen LogP contribution in [0.5, 0.6) is 0 Å². The minimum Gasteiger partial charge on any atom is -0.455 e. The average molecular weight is 376 g/mol. The Morgan fingerprint density at radius 2 is 1.28 bits per heavy atom. The van der Waals surface area contributed by atoms with Gasteiger partial charge in [-0.15, -0.1) is 0 Å². The van der Waals surface area contributed by atoms with Crippen molar-refractivity contribution < 1.29 is 4.42 Å². The van der Waals surface area contributed by atoms with Crippen molar-refractivity contribution in [3.63, 3.8) is 0 Å². The van der Waals surface area contributed by atoms with Gasteiger partial charge >= 0.3 is 0 Å². The van der Waals surface area contributed by atoms with Crippen LogP contribution in [0.2, 0.25) is 0 Å². The minimum atomic E-state index is 0.0569. The molecule has 0 N–H and O–H groups in total. The maximum atomic E-state index is 6.31. The first-order valence-corrected chi connectivity index (χ1v) is 10.1. The lowest BCUT2D eigenvalue weighted by Gasteiger charge is -2.22. The van der Waals surface area contributed by atoms with Crippen LogP contribution in [0.1, 0.15) is 26.3 Å². The first kappa shape index (κ1) is 17.8. The topological polar surface area (TPSA) is 13.1 Å². The van der Waals surface area contributed by atoms with Gasteiger partial charge in [0.15, 0.2) is 0 Å². The lowest BCUT2D eigenvalue weighted by Crippen LogP contribution is -2.11. The van der Waals surface area contributed by atoms with Crippen molar-refractivity contribution in [3.8, 4) is 22.3 Å². The first-order chi connectivity index (χ1) is 14.0. The standard InChI is InChI=1S/C28H24O/c1-28(2,3)22-17-20(19-10-5-4-6-11-19)16-21(18-22)23-13-9-14-25-24-12-7-8-15-26(24)29-27(23)25/h4-18H,1-3H3. The fourth-order valence-corrected chi connectivity index (χ4v) is 3.99. The third-order valence-corrected chi connectivity index (χ3v) is 5.62. The smallest absolute Gasteiger partial charge is 0.143 e. The molecule has 1 nitrogen and oxygen atoms in total. The van der Waals surface area contributed by atoms with Crippen molar-refractivity contribution in [2.75, 3.05) is 0 Å². The number of hydrogen-bond donors (Lipinski definition) is 0. The van der Waals surface area contributed by atoms with E-state index < -0.39 is 0 Å². The molecule has 0 saturated heterocycles. The maximum Gasteiger partial charge on any atom is 0.143 e. The molecule has 29 heavy (non-hydrogen) atoms. The second-order valence-corrected chi connectivity index (χ2v) is 8.70. The Balaban J connectivity index is 1.80. The Bertz CT molecular complexity index is 1320. The monoisotopic (exact) mass is 376 g/mol. The summed E-state index contributed by atoms with van der Waals surface area (Å²) in [7, 11) is 0. The molecule has 4 aromatic carbocycles. The summed E-state index contributed by atoms with van der Waals surface area (Å²) < 4.78 is 6.31. The van der Waals surface area contributed by atoms with Crippen LogP contribution in [0, 0.1) is 0 Å². The Kier molecular flexibility index (Phi) is 4.06. The fourth-order valence-electron chi connectivity index (χ4n) is 3.99. The van der Waals surface area contributed by atoms with E-state index >= 15 is 0 Å². The summed E-state index contributed by atoms with van der Waals surface area (Å²) in [5.41, 5.74) is 8.08. The zero-order valence-corrected chi connectivity index (χ0v) is 17.1. The highest BCUT2D eigenvalue weighted by atomic mass is 16.3. The fraction of sp³-hybridized carbons (Fsp3) is 0.143. The number of hydrogen-bond acceptors (Lipinski definition) is 1. The molecular formula is C28H24O. The van der Waals surface area contributed by atoms with Crippen LogP contribution >= 0.6 is 0 Å². The van der Waals surface area contributed by atoms with Crippen molar-refractivity contribution in [3.05, 3.63) is 96.6 Å². The van der Waals surface area contributed by atoms with Gasteiger partial charge < -0.3 is 4.42 Å². The number of benzene rings is 4. The highest BCUT2D eigenvalue weighted by molar-refractivity contribution is 6.09. The van der Waals surface area contributed by atoms with E-state index in [0.29, 0.717) is 0 Å². The minimum absolute atomic E-state index is 0.0569. The summed E-state index contributed by atoms with van der Waals surface area (Å²) in [5.74, 6) is 0. The van der Waals surface area contributed by atoms with Gasteiger partial charge in [-0.3, -0.25) is 0 Å². The first-order valence-electron chi connectivity index (χ1n) is 10.1. The molecule has 0 spiro atoms. The van der Waals surface area contributed by atoms with E-state index in [1.165, 1.54) is 33.0 Å². The molecule has 1 heterocycles. The molecule has 0 radical (unpaired) electrons. The lowest BCUT2D eigenvalue weighted by molar-refractivity contribution is 0.590. The summed E-state index contributed by atoms with van der Waals surface area (Å²) >= 11 is 0. The number of para-hydroxylation sites is 2. The van der Waals surface area contributed by atoms with Gasteiger partial charge in [-0.05, 0) is 39.8 Å². The number of fused-ring (bicyclic) bond motifs is 3. The SMILES string of the molecule is CC(C)(C)c1cc(-c2ccccc2)cc(-c2cccc3c2oc2ccccc23)c1. The van der Waals surface area contributed by atoms with Crippen LogP contribution in [0.25, 0.3) is 44.2 Å². The van der Waals surface area contributed by atoms with Crippen LogP contribution in [0.15, 0.2) is 95.4 Å². The van der Waals surface area contributed by atoms with Gasteiger partial charge in [-0.1, -0.05) is 99.6 Å². The molecular weight excluding hydrogens is 352 g/mol. The molecule has 0 saturated carbocycles. The molecule has 0 fully saturated rings. The summed E-state index contributed by atoms with van der Waals surface area (Å²) in [4.78, 5) is 0. The van der Waals surface area contributed by atoms with Crippen molar-refractivity contribution in [2.45, 2.75) is 26.2 Å². The molecule has 0 aliphatic rings. The Morgan fingerprint density at radius 1 is 0.586 bits per heavy atom. The summed E-state index contributed by atoms with van der Waals surface area (Å²) in [6.45, 7) is 6.80. The lowest BCUT2D eigenvalue weighted by atomic mass is 9.83. The maximum absolute atomic E-state index is 6.31. The van der Waals surface area contributed by atoms with E-state index in [4.69, 9.17) is 4.42 Å². The van der Waals surface area contributed by atoms with Crippen LogP contribution in [0.4, 0.5) is 0 Å². The van der Waals surface area contributed by atoms with Gasteiger partial charge in [-0.2, -0.15) is 0 Å². The third-order valence-electron chi connectivity index (χ3n) is 5.62. The van der Waals surface area contributed by atoms with Crippen molar-refractivity contribution >= 4 is 21.9 Å². The average Bonchev–Trinajstić information content (AvgIpc) is 3.12. The zero-order chi connectivity index (χ0) is 20.0. The van der Waals surface area contributed by atoms with E-state index in [0.717, 1.165) is 16.7 Å². The van der Waals surface area contributed by atoms with E-state index in [2.05, 4.69) is 99.6 Å². The highest BCUT2D eigenvalue weighted by Crippen LogP contribution is 2.39. The molecule has 5 rings (SSSR count).